The van der Waals surface area contributed by atoms with Gasteiger partial charge in [-0.05, 0) is 24.3 Å². The van der Waals surface area contributed by atoms with Crippen LogP contribution in [0.2, 0.25) is 5.02 Å². The third kappa shape index (κ3) is 3.51. The summed E-state index contributed by atoms with van der Waals surface area (Å²) < 4.78 is 0. The van der Waals surface area contributed by atoms with E-state index >= 15 is 0 Å². The lowest BCUT2D eigenvalue weighted by Gasteiger charge is -2.32. The highest BCUT2D eigenvalue weighted by molar-refractivity contribution is 6.30. The van der Waals surface area contributed by atoms with Crippen molar-refractivity contribution in [3.63, 3.8) is 0 Å². The smallest absolute Gasteiger partial charge is 0.254 e. The second-order valence-corrected chi connectivity index (χ2v) is 6.95. The van der Waals surface area contributed by atoms with E-state index in [-0.39, 0.29) is 5.91 Å². The lowest BCUT2D eigenvalue weighted by Crippen LogP contribution is -2.48. The fraction of sp³-hybridized carbons (Fsp3) is 0.190. The van der Waals surface area contributed by atoms with Gasteiger partial charge in [-0.15, -0.1) is 0 Å². The van der Waals surface area contributed by atoms with Crippen molar-refractivity contribution in [1.29, 1.82) is 0 Å². The Morgan fingerprint density at radius 2 is 1.70 bits per heavy atom. The maximum atomic E-state index is 13.2. The summed E-state index contributed by atoms with van der Waals surface area (Å²) in [5.41, 5.74) is 3.05. The molecule has 27 heavy (non-hydrogen) atoms. The highest BCUT2D eigenvalue weighted by atomic mass is 35.5. The molecule has 4 rings (SSSR count). The monoisotopic (exact) mass is 379 g/mol. The first-order valence-electron chi connectivity index (χ1n) is 8.80. The van der Waals surface area contributed by atoms with Crippen LogP contribution in [0.3, 0.4) is 0 Å². The van der Waals surface area contributed by atoms with E-state index in [4.69, 9.17) is 16.6 Å². The van der Waals surface area contributed by atoms with E-state index in [1.807, 2.05) is 54.6 Å². The van der Waals surface area contributed by atoms with E-state index in [2.05, 4.69) is 0 Å². The summed E-state index contributed by atoms with van der Waals surface area (Å²) >= 11 is 5.99. The van der Waals surface area contributed by atoms with Crippen molar-refractivity contribution in [3.05, 3.63) is 65.2 Å². The van der Waals surface area contributed by atoms with E-state index in [0.29, 0.717) is 36.8 Å². The predicted octanol–water partition coefficient (Wildman–Crippen LogP) is 3.47. The van der Waals surface area contributed by atoms with Crippen LogP contribution in [0.15, 0.2) is 54.6 Å². The number of piperazine rings is 1. The molecule has 0 saturated carbocycles. The Morgan fingerprint density at radius 1 is 1.00 bits per heavy atom. The number of carbonyl (C=O) groups excluding carboxylic acids is 2. The minimum atomic E-state index is -0.0330. The number of benzene rings is 2. The van der Waals surface area contributed by atoms with E-state index in [9.17, 15) is 9.59 Å². The van der Waals surface area contributed by atoms with Gasteiger partial charge in [0.1, 0.15) is 0 Å². The number of amides is 2. The van der Waals surface area contributed by atoms with Gasteiger partial charge in [0.25, 0.3) is 5.91 Å². The van der Waals surface area contributed by atoms with Crippen molar-refractivity contribution in [2.24, 2.45) is 0 Å². The van der Waals surface area contributed by atoms with Crippen molar-refractivity contribution in [3.8, 4) is 11.3 Å². The Kier molecular flexibility index (Phi) is 4.77. The van der Waals surface area contributed by atoms with Crippen LogP contribution in [0, 0.1) is 0 Å². The number of rotatable bonds is 3. The Balaban J connectivity index is 1.75. The summed E-state index contributed by atoms with van der Waals surface area (Å²) in [4.78, 5) is 32.3. The van der Waals surface area contributed by atoms with Crippen LogP contribution in [0.1, 0.15) is 10.4 Å². The minimum Gasteiger partial charge on any atom is -0.342 e. The molecule has 3 aromatic rings. The number of fused-ring (bicyclic) bond motifs is 1. The Hall–Kier alpha value is -2.92. The first-order valence-corrected chi connectivity index (χ1v) is 9.18. The molecule has 2 heterocycles. The van der Waals surface area contributed by atoms with Crippen LogP contribution in [0.5, 0.6) is 0 Å². The molecule has 1 aliphatic heterocycles. The maximum Gasteiger partial charge on any atom is 0.254 e. The average Bonchev–Trinajstić information content (AvgIpc) is 2.73. The molecule has 1 aromatic heterocycles. The van der Waals surface area contributed by atoms with Gasteiger partial charge >= 0.3 is 0 Å². The molecule has 5 nitrogen and oxygen atoms in total. The molecule has 0 bridgehead atoms. The molecule has 6 heteroatoms. The van der Waals surface area contributed by atoms with Crippen molar-refractivity contribution in [2.45, 2.75) is 0 Å². The molecule has 0 radical (unpaired) electrons. The summed E-state index contributed by atoms with van der Waals surface area (Å²) in [5, 5.41) is 1.49. The van der Waals surface area contributed by atoms with E-state index in [1.165, 1.54) is 0 Å². The van der Waals surface area contributed by atoms with Crippen LogP contribution >= 0.6 is 11.6 Å². The lowest BCUT2D eigenvalue weighted by atomic mass is 10.0. The van der Waals surface area contributed by atoms with Crippen molar-refractivity contribution in [1.82, 2.24) is 14.8 Å². The van der Waals surface area contributed by atoms with Gasteiger partial charge in [-0.2, -0.15) is 0 Å². The topological polar surface area (TPSA) is 53.5 Å². The van der Waals surface area contributed by atoms with Gasteiger partial charge < -0.3 is 9.80 Å². The van der Waals surface area contributed by atoms with Gasteiger partial charge in [-0.3, -0.25) is 9.59 Å². The fourth-order valence-corrected chi connectivity index (χ4v) is 3.45. The summed E-state index contributed by atoms with van der Waals surface area (Å²) in [5.74, 6) is -0.0330. The highest BCUT2D eigenvalue weighted by Gasteiger charge is 2.23. The maximum absolute atomic E-state index is 13.2. The molecular weight excluding hydrogens is 362 g/mol. The SMILES string of the molecule is O=CN1CCN(C(=O)c2cc(-c3ccc(Cl)cc3)nc3ccccc23)CC1. The van der Waals surface area contributed by atoms with Gasteiger partial charge in [-0.25, -0.2) is 4.98 Å². The zero-order valence-electron chi connectivity index (χ0n) is 14.6. The van der Waals surface area contributed by atoms with E-state index in [1.54, 1.807) is 9.80 Å². The standard InChI is InChI=1S/C21H18ClN3O2/c22-16-7-5-15(6-8-16)20-13-18(17-3-1-2-4-19(17)23-20)21(27)25-11-9-24(14-26)10-12-25/h1-8,13-14H,9-12H2. The van der Waals surface area contributed by atoms with Crippen LogP contribution in [0.25, 0.3) is 22.2 Å². The molecule has 2 amide bonds. The molecule has 1 fully saturated rings. The Bertz CT molecular complexity index is 996. The molecule has 0 N–H and O–H groups in total. The molecule has 2 aromatic carbocycles. The average molecular weight is 380 g/mol. The number of halogens is 1. The minimum absolute atomic E-state index is 0.0330. The second kappa shape index (κ2) is 7.37. The summed E-state index contributed by atoms with van der Waals surface area (Å²) in [6, 6.07) is 16.9. The summed E-state index contributed by atoms with van der Waals surface area (Å²) in [7, 11) is 0. The molecule has 0 unspecified atom stereocenters. The number of aromatic nitrogens is 1. The number of carbonyl (C=O) groups is 2. The fourth-order valence-electron chi connectivity index (χ4n) is 3.32. The van der Waals surface area contributed by atoms with Crippen LogP contribution in [0.4, 0.5) is 0 Å². The third-order valence-corrected chi connectivity index (χ3v) is 5.09. The number of hydrogen-bond acceptors (Lipinski definition) is 3. The molecule has 1 saturated heterocycles. The van der Waals surface area contributed by atoms with Crippen molar-refractivity contribution < 1.29 is 9.59 Å². The third-order valence-electron chi connectivity index (χ3n) is 4.84. The van der Waals surface area contributed by atoms with Crippen molar-refractivity contribution in [2.75, 3.05) is 26.2 Å². The molecule has 0 aliphatic carbocycles. The van der Waals surface area contributed by atoms with Gasteiger partial charge in [0.05, 0.1) is 16.8 Å². The molecule has 0 spiro atoms. The number of hydrogen-bond donors (Lipinski definition) is 0. The molecular formula is C21H18ClN3O2. The van der Waals surface area contributed by atoms with Gasteiger partial charge in [0.15, 0.2) is 0 Å². The zero-order chi connectivity index (χ0) is 18.8. The lowest BCUT2D eigenvalue weighted by molar-refractivity contribution is -0.119. The molecule has 136 valence electrons. The van der Waals surface area contributed by atoms with E-state index < -0.39 is 0 Å². The van der Waals surface area contributed by atoms with Gasteiger partial charge in [-0.1, -0.05) is 41.9 Å². The zero-order valence-corrected chi connectivity index (χ0v) is 15.4. The Morgan fingerprint density at radius 3 is 2.41 bits per heavy atom. The normalized spacial score (nSPS) is 14.4. The highest BCUT2D eigenvalue weighted by Crippen LogP contribution is 2.27. The van der Waals surface area contributed by atoms with Gasteiger partial charge in [0, 0.05) is 42.2 Å². The summed E-state index contributed by atoms with van der Waals surface area (Å²) in [6.07, 6.45) is 0.836. The van der Waals surface area contributed by atoms with Crippen LogP contribution in [-0.4, -0.2) is 53.3 Å². The number of para-hydroxylation sites is 1. The number of pyridine rings is 1. The first kappa shape index (κ1) is 17.5. The van der Waals surface area contributed by atoms with Crippen molar-refractivity contribution >= 4 is 34.8 Å². The first-order chi connectivity index (χ1) is 13.2. The van der Waals surface area contributed by atoms with Crippen LogP contribution in [-0.2, 0) is 4.79 Å². The van der Waals surface area contributed by atoms with E-state index in [0.717, 1.165) is 28.6 Å². The molecule has 1 aliphatic rings. The largest absolute Gasteiger partial charge is 0.342 e. The second-order valence-electron chi connectivity index (χ2n) is 6.51. The summed E-state index contributed by atoms with van der Waals surface area (Å²) in [6.45, 7) is 2.18. The molecule has 0 atom stereocenters. The quantitative estimate of drug-likeness (QED) is 0.655. The van der Waals surface area contributed by atoms with Gasteiger partial charge in [0.2, 0.25) is 6.41 Å². The Labute approximate surface area is 162 Å². The number of nitrogens with zero attached hydrogens (tertiary/aromatic N) is 3. The van der Waals surface area contributed by atoms with Crippen LogP contribution < -0.4 is 0 Å². The predicted molar refractivity (Wildman–Crippen MR) is 106 cm³/mol.